The maximum absolute atomic E-state index is 6.24. The molecule has 1 aromatic carbocycles. The minimum Gasteiger partial charge on any atom is -0.327 e. The van der Waals surface area contributed by atoms with Gasteiger partial charge in [-0.2, -0.15) is 0 Å². The zero-order chi connectivity index (χ0) is 12.8. The predicted molar refractivity (Wildman–Crippen MR) is 82.3 cm³/mol. The standard InChI is InChI=1S/C16H23NS/c1-2-3-4-5-8-14(17)11-13-12-18-16-10-7-6-9-15(13)16/h6-7,9-10,12,14H,2-5,8,11,17H2,1H3. The molecule has 1 unspecified atom stereocenters. The summed E-state index contributed by atoms with van der Waals surface area (Å²) in [6, 6.07) is 8.94. The molecule has 2 N–H and O–H groups in total. The number of benzene rings is 1. The molecule has 0 bridgehead atoms. The average Bonchev–Trinajstić information content (AvgIpc) is 2.78. The minimum atomic E-state index is 0.319. The number of hydrogen-bond acceptors (Lipinski definition) is 2. The fraction of sp³-hybridized carbons (Fsp3) is 0.500. The highest BCUT2D eigenvalue weighted by molar-refractivity contribution is 7.17. The van der Waals surface area contributed by atoms with Gasteiger partial charge in [0.15, 0.2) is 0 Å². The summed E-state index contributed by atoms with van der Waals surface area (Å²) in [5.41, 5.74) is 7.67. The normalized spacial score (nSPS) is 13.0. The Balaban J connectivity index is 1.88. The monoisotopic (exact) mass is 261 g/mol. The number of fused-ring (bicyclic) bond motifs is 1. The van der Waals surface area contributed by atoms with Gasteiger partial charge in [0.1, 0.15) is 0 Å². The third-order valence-electron chi connectivity index (χ3n) is 3.47. The molecule has 2 heteroatoms. The summed E-state index contributed by atoms with van der Waals surface area (Å²) in [4.78, 5) is 0. The molecule has 0 aliphatic heterocycles. The van der Waals surface area contributed by atoms with Crippen LogP contribution in [0, 0.1) is 0 Å². The van der Waals surface area contributed by atoms with E-state index in [-0.39, 0.29) is 0 Å². The van der Waals surface area contributed by atoms with E-state index in [1.165, 1.54) is 41.3 Å². The van der Waals surface area contributed by atoms with Crippen molar-refractivity contribution in [1.29, 1.82) is 0 Å². The zero-order valence-corrected chi connectivity index (χ0v) is 12.0. The second-order valence-corrected chi connectivity index (χ2v) is 5.98. The highest BCUT2D eigenvalue weighted by Gasteiger charge is 2.08. The van der Waals surface area contributed by atoms with Crippen molar-refractivity contribution < 1.29 is 0 Å². The van der Waals surface area contributed by atoms with Gasteiger partial charge in [0.2, 0.25) is 0 Å². The van der Waals surface area contributed by atoms with Crippen LogP contribution in [0.25, 0.3) is 10.1 Å². The van der Waals surface area contributed by atoms with Gasteiger partial charge in [-0.05, 0) is 35.2 Å². The van der Waals surface area contributed by atoms with Crippen LogP contribution in [0.2, 0.25) is 0 Å². The quantitative estimate of drug-likeness (QED) is 0.716. The first-order chi connectivity index (χ1) is 8.81. The van der Waals surface area contributed by atoms with Crippen LogP contribution in [0.1, 0.15) is 44.6 Å². The molecule has 98 valence electrons. The molecule has 0 amide bonds. The van der Waals surface area contributed by atoms with Crippen molar-refractivity contribution in [3.8, 4) is 0 Å². The van der Waals surface area contributed by atoms with E-state index in [9.17, 15) is 0 Å². The van der Waals surface area contributed by atoms with Crippen molar-refractivity contribution >= 4 is 21.4 Å². The van der Waals surface area contributed by atoms with Crippen molar-refractivity contribution in [3.05, 3.63) is 35.2 Å². The van der Waals surface area contributed by atoms with Crippen LogP contribution in [0.3, 0.4) is 0 Å². The molecule has 18 heavy (non-hydrogen) atoms. The molecular weight excluding hydrogens is 238 g/mol. The van der Waals surface area contributed by atoms with Crippen molar-refractivity contribution in [2.75, 3.05) is 0 Å². The Morgan fingerprint density at radius 1 is 1.17 bits per heavy atom. The molecule has 1 atom stereocenters. The number of unbranched alkanes of at least 4 members (excludes halogenated alkanes) is 3. The molecule has 0 fully saturated rings. The molecule has 0 spiro atoms. The summed E-state index contributed by atoms with van der Waals surface area (Å²) in [5, 5.41) is 3.67. The van der Waals surface area contributed by atoms with Gasteiger partial charge in [0.25, 0.3) is 0 Å². The van der Waals surface area contributed by atoms with Crippen LogP contribution in [0.4, 0.5) is 0 Å². The summed E-state index contributed by atoms with van der Waals surface area (Å²) in [5.74, 6) is 0. The number of thiophene rings is 1. The molecule has 0 saturated carbocycles. The summed E-state index contributed by atoms with van der Waals surface area (Å²) in [6.45, 7) is 2.25. The molecule has 0 aliphatic rings. The van der Waals surface area contributed by atoms with E-state index in [0.29, 0.717) is 6.04 Å². The smallest absolute Gasteiger partial charge is 0.0345 e. The predicted octanol–water partition coefficient (Wildman–Crippen LogP) is 4.74. The van der Waals surface area contributed by atoms with Crippen molar-refractivity contribution in [1.82, 2.24) is 0 Å². The van der Waals surface area contributed by atoms with Gasteiger partial charge in [0, 0.05) is 10.7 Å². The third kappa shape index (κ3) is 3.56. The first-order valence-corrected chi connectivity index (χ1v) is 7.90. The average molecular weight is 261 g/mol. The molecule has 0 saturated heterocycles. The Bertz CT molecular complexity index is 475. The van der Waals surface area contributed by atoms with Crippen molar-refractivity contribution in [2.24, 2.45) is 5.73 Å². The van der Waals surface area contributed by atoms with E-state index in [0.717, 1.165) is 12.8 Å². The first kappa shape index (κ1) is 13.6. The van der Waals surface area contributed by atoms with Gasteiger partial charge in [-0.25, -0.2) is 0 Å². The van der Waals surface area contributed by atoms with E-state index < -0.39 is 0 Å². The number of hydrogen-bond donors (Lipinski definition) is 1. The first-order valence-electron chi connectivity index (χ1n) is 7.02. The Labute approximate surface area is 114 Å². The van der Waals surface area contributed by atoms with Crippen molar-refractivity contribution in [3.63, 3.8) is 0 Å². The molecule has 1 heterocycles. The Morgan fingerprint density at radius 3 is 2.83 bits per heavy atom. The summed E-state index contributed by atoms with van der Waals surface area (Å²) in [7, 11) is 0. The van der Waals surface area contributed by atoms with Crippen molar-refractivity contribution in [2.45, 2.75) is 51.5 Å². The molecule has 2 aromatic rings. The van der Waals surface area contributed by atoms with Crippen LogP contribution in [-0.2, 0) is 6.42 Å². The Hall–Kier alpha value is -0.860. The molecule has 0 aliphatic carbocycles. The van der Waals surface area contributed by atoms with Gasteiger partial charge in [-0.1, -0.05) is 50.8 Å². The second kappa shape index (κ2) is 6.91. The maximum atomic E-state index is 6.24. The fourth-order valence-corrected chi connectivity index (χ4v) is 3.38. The Kier molecular flexibility index (Phi) is 5.21. The summed E-state index contributed by atoms with van der Waals surface area (Å²) >= 11 is 1.83. The largest absolute Gasteiger partial charge is 0.327 e. The van der Waals surface area contributed by atoms with Gasteiger partial charge in [-0.3, -0.25) is 0 Å². The fourth-order valence-electron chi connectivity index (χ4n) is 2.41. The zero-order valence-electron chi connectivity index (χ0n) is 11.2. The van der Waals surface area contributed by atoms with Crippen LogP contribution in [0.5, 0.6) is 0 Å². The van der Waals surface area contributed by atoms with E-state index in [1.54, 1.807) is 0 Å². The summed E-state index contributed by atoms with van der Waals surface area (Å²) in [6.07, 6.45) is 7.42. The van der Waals surface area contributed by atoms with Crippen LogP contribution in [0.15, 0.2) is 29.6 Å². The SMILES string of the molecule is CCCCCCC(N)Cc1csc2ccccc12. The number of rotatable bonds is 7. The lowest BCUT2D eigenvalue weighted by Crippen LogP contribution is -2.22. The van der Waals surface area contributed by atoms with E-state index >= 15 is 0 Å². The van der Waals surface area contributed by atoms with Crippen LogP contribution >= 0.6 is 11.3 Å². The van der Waals surface area contributed by atoms with Crippen LogP contribution < -0.4 is 5.73 Å². The lowest BCUT2D eigenvalue weighted by Gasteiger charge is -2.10. The minimum absolute atomic E-state index is 0.319. The highest BCUT2D eigenvalue weighted by atomic mass is 32.1. The van der Waals surface area contributed by atoms with Gasteiger partial charge >= 0.3 is 0 Å². The highest BCUT2D eigenvalue weighted by Crippen LogP contribution is 2.26. The summed E-state index contributed by atoms with van der Waals surface area (Å²) < 4.78 is 1.38. The molecule has 1 nitrogen and oxygen atoms in total. The number of nitrogens with two attached hydrogens (primary N) is 1. The lowest BCUT2D eigenvalue weighted by atomic mass is 10.0. The van der Waals surface area contributed by atoms with Gasteiger partial charge < -0.3 is 5.73 Å². The topological polar surface area (TPSA) is 26.0 Å². The molecule has 0 radical (unpaired) electrons. The van der Waals surface area contributed by atoms with Crippen LogP contribution in [-0.4, -0.2) is 6.04 Å². The maximum Gasteiger partial charge on any atom is 0.0345 e. The van der Waals surface area contributed by atoms with E-state index in [2.05, 4.69) is 36.6 Å². The molecular formula is C16H23NS. The van der Waals surface area contributed by atoms with Gasteiger partial charge in [-0.15, -0.1) is 11.3 Å². The van der Waals surface area contributed by atoms with E-state index in [1.807, 2.05) is 11.3 Å². The third-order valence-corrected chi connectivity index (χ3v) is 4.48. The lowest BCUT2D eigenvalue weighted by molar-refractivity contribution is 0.547. The second-order valence-electron chi connectivity index (χ2n) is 5.07. The Morgan fingerprint density at radius 2 is 2.00 bits per heavy atom. The van der Waals surface area contributed by atoms with E-state index in [4.69, 9.17) is 5.73 Å². The molecule has 2 rings (SSSR count). The molecule has 1 aromatic heterocycles. The van der Waals surface area contributed by atoms with Gasteiger partial charge in [0.05, 0.1) is 0 Å².